The first kappa shape index (κ1) is 25.7. The maximum Gasteiger partial charge on any atom is 0.294 e. The van der Waals surface area contributed by atoms with Gasteiger partial charge < -0.3 is 19.3 Å². The number of aliphatic hydroxyl groups is 1. The summed E-state index contributed by atoms with van der Waals surface area (Å²) in [6.07, 6.45) is 4.07. The summed E-state index contributed by atoms with van der Waals surface area (Å²) in [7, 11) is 0. The number of aliphatic hydroxyl groups excluding tert-OH is 1. The molecule has 0 amide bonds. The second-order valence-electron chi connectivity index (χ2n) is 6.51. The van der Waals surface area contributed by atoms with Gasteiger partial charge in [0.1, 0.15) is 18.0 Å². The molecule has 3 aliphatic rings. The van der Waals surface area contributed by atoms with Gasteiger partial charge in [-0.1, -0.05) is 19.6 Å². The average Bonchev–Trinajstić information content (AvgIpc) is 3.33. The normalized spacial score (nSPS) is 27.9. The number of rotatable bonds is 6. The second-order valence-corrected chi connectivity index (χ2v) is 6.51. The Hall–Kier alpha value is -2.26. The molecule has 3 rings (SSSR count). The summed E-state index contributed by atoms with van der Waals surface area (Å²) in [4.78, 5) is 39.8. The second kappa shape index (κ2) is 14.8. The number of ketones is 1. The van der Waals surface area contributed by atoms with E-state index in [0.717, 1.165) is 31.4 Å². The van der Waals surface area contributed by atoms with Crippen LogP contribution >= 0.6 is 0 Å². The number of carbonyl (C=O) groups excluding carboxylic acids is 4. The maximum atomic E-state index is 10.5. The van der Waals surface area contributed by atoms with E-state index in [-0.39, 0.29) is 37.7 Å². The van der Waals surface area contributed by atoms with Crippen LogP contribution < -0.4 is 5.32 Å². The first-order valence-corrected chi connectivity index (χ1v) is 8.85. The fourth-order valence-corrected chi connectivity index (χ4v) is 2.92. The Kier molecular flexibility index (Phi) is 13.6. The molecule has 0 aromatic rings. The van der Waals surface area contributed by atoms with E-state index in [0.29, 0.717) is 45.1 Å². The molecule has 160 valence electrons. The van der Waals surface area contributed by atoms with Crippen molar-refractivity contribution in [3.05, 3.63) is 12.2 Å². The number of ether oxygens (including phenoxy) is 3. The van der Waals surface area contributed by atoms with Gasteiger partial charge in [0.25, 0.3) is 19.4 Å². The highest BCUT2D eigenvalue weighted by Gasteiger charge is 2.23. The minimum absolute atomic E-state index is 0. The Morgan fingerprint density at radius 2 is 1.61 bits per heavy atom. The Labute approximate surface area is 165 Å². The number of hydrogen-bond acceptors (Lipinski definition) is 9. The van der Waals surface area contributed by atoms with Crippen LogP contribution in [0.1, 0.15) is 52.4 Å². The monoisotopic (exact) mass is 401 g/mol. The topological polar surface area (TPSA) is 128 Å². The number of carbonyl (C=O) groups is 4. The summed E-state index contributed by atoms with van der Waals surface area (Å²) in [5.74, 6) is 0.196. The molecule has 2 saturated carbocycles. The van der Waals surface area contributed by atoms with Crippen LogP contribution in [0.3, 0.4) is 0 Å². The lowest BCUT2D eigenvalue weighted by atomic mass is 10.3. The third-order valence-electron chi connectivity index (χ3n) is 4.33. The van der Waals surface area contributed by atoms with Crippen LogP contribution in [-0.2, 0) is 33.4 Å². The lowest BCUT2D eigenvalue weighted by Gasteiger charge is -2.04. The van der Waals surface area contributed by atoms with Crippen molar-refractivity contribution in [3.8, 4) is 0 Å². The van der Waals surface area contributed by atoms with Crippen molar-refractivity contribution in [3.63, 3.8) is 0 Å². The van der Waals surface area contributed by atoms with Crippen molar-refractivity contribution in [2.45, 2.75) is 76.9 Å². The molecule has 0 aromatic heterocycles. The van der Waals surface area contributed by atoms with Gasteiger partial charge in [-0.2, -0.15) is 0 Å². The molecule has 0 bridgehead atoms. The van der Waals surface area contributed by atoms with Crippen molar-refractivity contribution in [1.82, 2.24) is 5.32 Å². The zero-order valence-electron chi connectivity index (χ0n) is 15.2. The SMILES string of the molecule is C.C=C1CN[C@H](OC=O)C1.O=CO[C@H]1CCC(=O)C1.O=CO[C@H]1CC[C@H](O)C1. The molecule has 0 radical (unpaired) electrons. The van der Waals surface area contributed by atoms with Crippen molar-refractivity contribution < 1.29 is 38.5 Å². The number of hydrogen-bond donors (Lipinski definition) is 2. The van der Waals surface area contributed by atoms with Crippen LogP contribution in [0, 0.1) is 0 Å². The number of nitrogens with one attached hydrogen (secondary N) is 1. The lowest BCUT2D eigenvalue weighted by molar-refractivity contribution is -0.134. The summed E-state index contributed by atoms with van der Waals surface area (Å²) >= 11 is 0. The van der Waals surface area contributed by atoms with E-state index in [1.165, 1.54) is 0 Å². The van der Waals surface area contributed by atoms with Gasteiger partial charge in [-0.05, 0) is 19.3 Å². The summed E-state index contributed by atoms with van der Waals surface area (Å²) in [5.41, 5.74) is 1.09. The molecule has 9 nitrogen and oxygen atoms in total. The maximum absolute atomic E-state index is 10.5. The molecule has 0 aromatic carbocycles. The van der Waals surface area contributed by atoms with Crippen LogP contribution in [0.5, 0.6) is 0 Å². The highest BCUT2D eigenvalue weighted by atomic mass is 16.5. The van der Waals surface area contributed by atoms with Gasteiger partial charge in [-0.15, -0.1) is 0 Å². The predicted octanol–water partition coefficient (Wildman–Crippen LogP) is 1.02. The molecular weight excluding hydrogens is 370 g/mol. The zero-order valence-corrected chi connectivity index (χ0v) is 15.2. The van der Waals surface area contributed by atoms with Crippen molar-refractivity contribution >= 4 is 25.2 Å². The molecule has 1 saturated heterocycles. The Morgan fingerprint density at radius 1 is 0.964 bits per heavy atom. The highest BCUT2D eigenvalue weighted by Crippen LogP contribution is 2.20. The molecule has 3 fully saturated rings. The van der Waals surface area contributed by atoms with Crippen LogP contribution in [-0.4, -0.2) is 61.4 Å². The molecule has 0 spiro atoms. The predicted molar refractivity (Wildman–Crippen MR) is 100 cm³/mol. The van der Waals surface area contributed by atoms with Gasteiger partial charge >= 0.3 is 0 Å². The van der Waals surface area contributed by atoms with Gasteiger partial charge in [-0.3, -0.25) is 24.5 Å². The van der Waals surface area contributed by atoms with Crippen LogP contribution in [0.25, 0.3) is 0 Å². The molecular formula is C19H31NO8. The van der Waals surface area contributed by atoms with E-state index in [1.54, 1.807) is 0 Å². The molecule has 2 aliphatic carbocycles. The minimum atomic E-state index is -0.255. The fraction of sp³-hybridized carbons (Fsp3) is 0.684. The first-order chi connectivity index (χ1) is 13.0. The standard InChI is InChI=1S/C6H9NO2.C6H10O3.C6H8O3.CH4/c1-5-2-6(7-3-5)9-4-8;2*7-4-9-6-2-1-5(8)3-6;/h4,6-7H,1-3H2;4-6,8H,1-3H2;4,6H,1-3H2;1H4/t6-;5-,6-;6-;/m100./s1. The third kappa shape index (κ3) is 10.8. The zero-order chi connectivity index (χ0) is 20.1. The minimum Gasteiger partial charge on any atom is -0.464 e. The summed E-state index contributed by atoms with van der Waals surface area (Å²) in [5, 5.41) is 11.9. The average molecular weight is 401 g/mol. The molecule has 9 heteroatoms. The van der Waals surface area contributed by atoms with Gasteiger partial charge in [0.05, 0.1) is 6.10 Å². The van der Waals surface area contributed by atoms with Gasteiger partial charge in [-0.25, -0.2) is 0 Å². The van der Waals surface area contributed by atoms with E-state index in [4.69, 9.17) is 5.11 Å². The van der Waals surface area contributed by atoms with Gasteiger partial charge in [0.2, 0.25) is 0 Å². The van der Waals surface area contributed by atoms with E-state index >= 15 is 0 Å². The Balaban J connectivity index is 0.000000384. The molecule has 4 atom stereocenters. The lowest BCUT2D eigenvalue weighted by Crippen LogP contribution is -2.23. The Bertz CT molecular complexity index is 478. The van der Waals surface area contributed by atoms with Crippen molar-refractivity contribution in [2.75, 3.05) is 6.54 Å². The van der Waals surface area contributed by atoms with Crippen LogP contribution in [0.2, 0.25) is 0 Å². The van der Waals surface area contributed by atoms with Crippen LogP contribution in [0.4, 0.5) is 0 Å². The molecule has 1 aliphatic heterocycles. The van der Waals surface area contributed by atoms with Gasteiger partial charge in [0.15, 0.2) is 6.23 Å². The molecule has 1 heterocycles. The molecule has 28 heavy (non-hydrogen) atoms. The van der Waals surface area contributed by atoms with E-state index < -0.39 is 0 Å². The quantitative estimate of drug-likeness (QED) is 0.381. The van der Waals surface area contributed by atoms with E-state index in [1.807, 2.05) is 0 Å². The summed E-state index contributed by atoms with van der Waals surface area (Å²) in [6, 6.07) is 0. The summed E-state index contributed by atoms with van der Waals surface area (Å²) < 4.78 is 13.8. The summed E-state index contributed by atoms with van der Waals surface area (Å²) in [6.45, 7) is 5.80. The fourth-order valence-electron chi connectivity index (χ4n) is 2.92. The van der Waals surface area contributed by atoms with Crippen LogP contribution in [0.15, 0.2) is 12.2 Å². The Morgan fingerprint density at radius 3 is 2.04 bits per heavy atom. The molecule has 0 unspecified atom stereocenters. The van der Waals surface area contributed by atoms with E-state index in [2.05, 4.69) is 26.1 Å². The molecule has 2 N–H and O–H groups in total. The number of Topliss-reactive ketones (excluding diaryl/α,β-unsaturated/α-hetero) is 1. The van der Waals surface area contributed by atoms with Gasteiger partial charge in [0, 0.05) is 32.2 Å². The van der Waals surface area contributed by atoms with E-state index in [9.17, 15) is 19.2 Å². The van der Waals surface area contributed by atoms with Crippen molar-refractivity contribution in [2.24, 2.45) is 0 Å². The first-order valence-electron chi connectivity index (χ1n) is 8.85. The highest BCUT2D eigenvalue weighted by molar-refractivity contribution is 5.81. The van der Waals surface area contributed by atoms with Crippen molar-refractivity contribution in [1.29, 1.82) is 0 Å². The third-order valence-corrected chi connectivity index (χ3v) is 4.33. The smallest absolute Gasteiger partial charge is 0.294 e. The largest absolute Gasteiger partial charge is 0.464 e.